The Hall–Kier alpha value is -2.25. The molecule has 3 N–H and O–H groups in total. The average molecular weight is 338 g/mol. The number of aromatic nitrogens is 1. The largest absolute Gasteiger partial charge is 0.328 e. The molecule has 2 aromatic rings. The van der Waals surface area contributed by atoms with E-state index in [9.17, 15) is 14.4 Å². The summed E-state index contributed by atoms with van der Waals surface area (Å²) in [5, 5.41) is 0.620. The van der Waals surface area contributed by atoms with Gasteiger partial charge in [-0.3, -0.25) is 25.2 Å². The Morgan fingerprint density at radius 3 is 2.55 bits per heavy atom. The van der Waals surface area contributed by atoms with Gasteiger partial charge < -0.3 is 4.98 Å². The van der Waals surface area contributed by atoms with Crippen molar-refractivity contribution in [3.05, 3.63) is 63.5 Å². The molecule has 2 amide bonds. The van der Waals surface area contributed by atoms with E-state index in [0.29, 0.717) is 5.02 Å². The van der Waals surface area contributed by atoms with Gasteiger partial charge in [-0.2, -0.15) is 0 Å². The minimum Gasteiger partial charge on any atom is -0.328 e. The lowest BCUT2D eigenvalue weighted by molar-refractivity contribution is -0.119. The molecule has 0 spiro atoms. The van der Waals surface area contributed by atoms with Crippen molar-refractivity contribution in [2.45, 2.75) is 4.90 Å². The number of H-pyrrole nitrogens is 1. The number of hydrogen-bond acceptors (Lipinski definition) is 4. The molecule has 1 aromatic heterocycles. The molecule has 0 bridgehead atoms. The Morgan fingerprint density at radius 2 is 1.86 bits per heavy atom. The normalized spacial score (nSPS) is 10.0. The van der Waals surface area contributed by atoms with Crippen LogP contribution in [0.25, 0.3) is 0 Å². The third kappa shape index (κ3) is 4.64. The number of carbonyl (C=O) groups is 2. The van der Waals surface area contributed by atoms with Crippen molar-refractivity contribution in [3.8, 4) is 0 Å². The van der Waals surface area contributed by atoms with Crippen LogP contribution >= 0.6 is 23.4 Å². The minimum atomic E-state index is -0.674. The monoisotopic (exact) mass is 337 g/mol. The summed E-state index contributed by atoms with van der Waals surface area (Å²) in [6, 6.07) is 9.93. The van der Waals surface area contributed by atoms with Crippen LogP contribution in [0.4, 0.5) is 0 Å². The summed E-state index contributed by atoms with van der Waals surface area (Å²) < 4.78 is 0. The molecule has 0 radical (unpaired) electrons. The standard InChI is InChI=1S/C14H12ClN3O3S/c15-9-3-5-10(6-4-9)22-8-12(19)17-18-14(21)11-2-1-7-16-13(11)20/h1-7H,8H2,(H,16,20)(H,17,19)(H,18,21). The molecule has 0 aliphatic rings. The summed E-state index contributed by atoms with van der Waals surface area (Å²) in [4.78, 5) is 38.0. The first-order chi connectivity index (χ1) is 10.6. The first-order valence-electron chi connectivity index (χ1n) is 6.21. The second kappa shape index (κ2) is 7.67. The Labute approximate surface area is 135 Å². The smallest absolute Gasteiger partial charge is 0.275 e. The number of aromatic amines is 1. The van der Waals surface area contributed by atoms with Crippen LogP contribution in [-0.4, -0.2) is 22.6 Å². The van der Waals surface area contributed by atoms with Gasteiger partial charge in [-0.1, -0.05) is 11.6 Å². The summed E-state index contributed by atoms with van der Waals surface area (Å²) in [5.41, 5.74) is 3.84. The van der Waals surface area contributed by atoms with Crippen LogP contribution in [0.5, 0.6) is 0 Å². The number of hydrogen-bond donors (Lipinski definition) is 3. The highest BCUT2D eigenvalue weighted by Crippen LogP contribution is 2.19. The maximum Gasteiger partial charge on any atom is 0.275 e. The van der Waals surface area contributed by atoms with Crippen molar-refractivity contribution in [1.82, 2.24) is 15.8 Å². The van der Waals surface area contributed by atoms with E-state index in [1.165, 1.54) is 30.1 Å². The average Bonchev–Trinajstić information content (AvgIpc) is 2.52. The van der Waals surface area contributed by atoms with Gasteiger partial charge in [-0.25, -0.2) is 0 Å². The molecule has 0 fully saturated rings. The third-order valence-electron chi connectivity index (χ3n) is 2.56. The van der Waals surface area contributed by atoms with Gasteiger partial charge >= 0.3 is 0 Å². The highest BCUT2D eigenvalue weighted by Gasteiger charge is 2.10. The van der Waals surface area contributed by atoms with Crippen molar-refractivity contribution in [1.29, 1.82) is 0 Å². The zero-order valence-corrected chi connectivity index (χ0v) is 12.8. The van der Waals surface area contributed by atoms with Crippen LogP contribution in [0.2, 0.25) is 5.02 Å². The fourth-order valence-corrected chi connectivity index (χ4v) is 2.33. The highest BCUT2D eigenvalue weighted by molar-refractivity contribution is 8.00. The number of halogens is 1. The van der Waals surface area contributed by atoms with Crippen molar-refractivity contribution >= 4 is 35.2 Å². The molecule has 0 unspecified atom stereocenters. The maximum absolute atomic E-state index is 11.7. The maximum atomic E-state index is 11.7. The molecule has 1 heterocycles. The number of benzene rings is 1. The van der Waals surface area contributed by atoms with Crippen LogP contribution in [0.15, 0.2) is 52.3 Å². The number of amides is 2. The molecule has 114 valence electrons. The van der Waals surface area contributed by atoms with Crippen molar-refractivity contribution in [3.63, 3.8) is 0 Å². The Morgan fingerprint density at radius 1 is 1.14 bits per heavy atom. The van der Waals surface area contributed by atoms with E-state index in [4.69, 9.17) is 11.6 Å². The topological polar surface area (TPSA) is 91.1 Å². The Kier molecular flexibility index (Phi) is 5.62. The molecular formula is C14H12ClN3O3S. The number of rotatable bonds is 4. The molecule has 0 atom stereocenters. The van der Waals surface area contributed by atoms with Gasteiger partial charge in [0.1, 0.15) is 5.56 Å². The zero-order valence-electron chi connectivity index (χ0n) is 11.3. The number of nitrogens with one attached hydrogen (secondary N) is 3. The van der Waals surface area contributed by atoms with Gasteiger partial charge in [-0.15, -0.1) is 11.8 Å². The molecule has 8 heteroatoms. The Balaban J connectivity index is 1.80. The molecular weight excluding hydrogens is 326 g/mol. The van der Waals surface area contributed by atoms with E-state index in [1.54, 1.807) is 24.3 Å². The van der Waals surface area contributed by atoms with E-state index in [0.717, 1.165) is 4.90 Å². The summed E-state index contributed by atoms with van der Waals surface area (Å²) in [7, 11) is 0. The van der Waals surface area contributed by atoms with Crippen molar-refractivity contribution in [2.24, 2.45) is 0 Å². The molecule has 22 heavy (non-hydrogen) atoms. The minimum absolute atomic E-state index is 0.0758. The summed E-state index contributed by atoms with van der Waals surface area (Å²) in [5.74, 6) is -0.945. The molecule has 0 saturated carbocycles. The van der Waals surface area contributed by atoms with E-state index < -0.39 is 11.5 Å². The number of thioether (sulfide) groups is 1. The second-order valence-electron chi connectivity index (χ2n) is 4.16. The van der Waals surface area contributed by atoms with Gasteiger partial charge in [0.2, 0.25) is 5.91 Å². The molecule has 0 saturated heterocycles. The van der Waals surface area contributed by atoms with Crippen LogP contribution in [0.3, 0.4) is 0 Å². The second-order valence-corrected chi connectivity index (χ2v) is 5.64. The first-order valence-corrected chi connectivity index (χ1v) is 7.58. The van der Waals surface area contributed by atoms with E-state index in [1.807, 2.05) is 0 Å². The lowest BCUT2D eigenvalue weighted by atomic mass is 10.3. The van der Waals surface area contributed by atoms with E-state index in [-0.39, 0.29) is 17.2 Å². The molecule has 1 aromatic carbocycles. The van der Waals surface area contributed by atoms with E-state index in [2.05, 4.69) is 15.8 Å². The predicted molar refractivity (Wildman–Crippen MR) is 84.8 cm³/mol. The molecule has 0 aliphatic carbocycles. The molecule has 6 nitrogen and oxygen atoms in total. The van der Waals surface area contributed by atoms with Crippen LogP contribution in [0, 0.1) is 0 Å². The van der Waals surface area contributed by atoms with Gasteiger partial charge in [0, 0.05) is 16.1 Å². The fraction of sp³-hybridized carbons (Fsp3) is 0.0714. The highest BCUT2D eigenvalue weighted by atomic mass is 35.5. The van der Waals surface area contributed by atoms with E-state index >= 15 is 0 Å². The lowest BCUT2D eigenvalue weighted by Crippen LogP contribution is -2.44. The molecule has 2 rings (SSSR count). The number of hydrazine groups is 1. The number of pyridine rings is 1. The third-order valence-corrected chi connectivity index (χ3v) is 3.83. The van der Waals surface area contributed by atoms with Crippen molar-refractivity contribution < 1.29 is 9.59 Å². The van der Waals surface area contributed by atoms with Gasteiger partial charge in [0.05, 0.1) is 5.75 Å². The molecule has 0 aliphatic heterocycles. The van der Waals surface area contributed by atoms with Gasteiger partial charge in [-0.05, 0) is 36.4 Å². The van der Waals surface area contributed by atoms with Gasteiger partial charge in [0.25, 0.3) is 11.5 Å². The quantitative estimate of drug-likeness (QED) is 0.583. The summed E-state index contributed by atoms with van der Waals surface area (Å²) >= 11 is 7.06. The van der Waals surface area contributed by atoms with Crippen LogP contribution in [-0.2, 0) is 4.79 Å². The fourth-order valence-electron chi connectivity index (χ4n) is 1.51. The SMILES string of the molecule is O=C(CSc1ccc(Cl)cc1)NNC(=O)c1ccc[nH]c1=O. The summed E-state index contributed by atoms with van der Waals surface area (Å²) in [6.45, 7) is 0. The zero-order chi connectivity index (χ0) is 15.9. The summed E-state index contributed by atoms with van der Waals surface area (Å²) in [6.07, 6.45) is 1.42. The first kappa shape index (κ1) is 16.1. The van der Waals surface area contributed by atoms with Crippen LogP contribution < -0.4 is 16.4 Å². The van der Waals surface area contributed by atoms with Crippen molar-refractivity contribution in [2.75, 3.05) is 5.75 Å². The predicted octanol–water partition coefficient (Wildman–Crippen LogP) is 1.58. The Bertz CT molecular complexity index is 731. The van der Waals surface area contributed by atoms with Crippen LogP contribution in [0.1, 0.15) is 10.4 Å². The number of carbonyl (C=O) groups excluding carboxylic acids is 2. The van der Waals surface area contributed by atoms with Gasteiger partial charge in [0.15, 0.2) is 0 Å². The lowest BCUT2D eigenvalue weighted by Gasteiger charge is -2.06.